The van der Waals surface area contributed by atoms with E-state index in [1.807, 2.05) is 0 Å². The van der Waals surface area contributed by atoms with E-state index in [9.17, 15) is 26.3 Å². The van der Waals surface area contributed by atoms with Crippen molar-refractivity contribution in [2.24, 2.45) is 0 Å². The zero-order valence-electron chi connectivity index (χ0n) is 11.1. The van der Waals surface area contributed by atoms with Crippen molar-refractivity contribution in [3.05, 3.63) is 65.2 Å². The molecule has 0 spiro atoms. The Morgan fingerprint density at radius 3 is 1.68 bits per heavy atom. The van der Waals surface area contributed by atoms with Gasteiger partial charge in [-0.2, -0.15) is 26.3 Å². The van der Waals surface area contributed by atoms with Crippen molar-refractivity contribution in [2.45, 2.75) is 18.9 Å². The molecule has 0 amide bonds. The summed E-state index contributed by atoms with van der Waals surface area (Å²) in [7, 11) is 0. The van der Waals surface area contributed by atoms with Crippen molar-refractivity contribution < 1.29 is 26.3 Å². The van der Waals surface area contributed by atoms with Gasteiger partial charge in [0.05, 0.1) is 11.1 Å². The van der Waals surface area contributed by atoms with Gasteiger partial charge in [-0.05, 0) is 23.8 Å². The number of rotatable bonds is 3. The summed E-state index contributed by atoms with van der Waals surface area (Å²) in [4.78, 5) is 0. The molecule has 22 heavy (non-hydrogen) atoms. The zero-order chi connectivity index (χ0) is 16.4. The molecule has 0 aromatic heterocycles. The summed E-state index contributed by atoms with van der Waals surface area (Å²) in [6.45, 7) is 0.124. The highest BCUT2D eigenvalue weighted by atomic mass is 19.4. The second-order valence-electron chi connectivity index (χ2n) is 4.63. The van der Waals surface area contributed by atoms with E-state index in [-0.39, 0.29) is 18.3 Å². The van der Waals surface area contributed by atoms with E-state index in [1.165, 1.54) is 0 Å². The number of anilines is 1. The molecule has 1 nitrogen and oxygen atoms in total. The van der Waals surface area contributed by atoms with Crippen LogP contribution in [-0.4, -0.2) is 0 Å². The summed E-state index contributed by atoms with van der Waals surface area (Å²) in [5, 5.41) is 2.59. The lowest BCUT2D eigenvalue weighted by atomic mass is 10.1. The van der Waals surface area contributed by atoms with Gasteiger partial charge >= 0.3 is 12.4 Å². The first-order valence-corrected chi connectivity index (χ1v) is 6.23. The molecular formula is C15H11F6N. The first kappa shape index (κ1) is 16.2. The average molecular weight is 319 g/mol. The van der Waals surface area contributed by atoms with E-state index in [0.717, 1.165) is 5.56 Å². The van der Waals surface area contributed by atoms with Crippen LogP contribution in [-0.2, 0) is 18.9 Å². The lowest BCUT2D eigenvalue weighted by Crippen LogP contribution is -2.12. The fraction of sp³-hybridized carbons (Fsp3) is 0.200. The Morgan fingerprint density at radius 1 is 0.727 bits per heavy atom. The second-order valence-corrected chi connectivity index (χ2v) is 4.63. The molecule has 7 heteroatoms. The van der Waals surface area contributed by atoms with Gasteiger partial charge in [0.15, 0.2) is 0 Å². The van der Waals surface area contributed by atoms with Crippen molar-refractivity contribution in [1.29, 1.82) is 0 Å². The van der Waals surface area contributed by atoms with Gasteiger partial charge in [0, 0.05) is 12.2 Å². The van der Waals surface area contributed by atoms with Crippen molar-refractivity contribution in [3.63, 3.8) is 0 Å². The van der Waals surface area contributed by atoms with Crippen LogP contribution >= 0.6 is 0 Å². The number of hydrogen-bond donors (Lipinski definition) is 1. The van der Waals surface area contributed by atoms with Gasteiger partial charge in [0.2, 0.25) is 0 Å². The van der Waals surface area contributed by atoms with E-state index >= 15 is 0 Å². The molecule has 0 atom stereocenters. The van der Waals surface area contributed by atoms with Crippen molar-refractivity contribution >= 4 is 5.69 Å². The van der Waals surface area contributed by atoms with Crippen LogP contribution < -0.4 is 5.32 Å². The molecule has 2 rings (SSSR count). The quantitative estimate of drug-likeness (QED) is 0.753. The molecule has 0 aliphatic carbocycles. The van der Waals surface area contributed by atoms with E-state index in [2.05, 4.69) is 5.32 Å². The summed E-state index contributed by atoms with van der Waals surface area (Å²) >= 11 is 0. The largest absolute Gasteiger partial charge is 0.416 e. The second kappa shape index (κ2) is 5.90. The maximum Gasteiger partial charge on any atom is 0.416 e. The summed E-state index contributed by atoms with van der Waals surface area (Å²) in [5.74, 6) is 0. The molecule has 0 saturated carbocycles. The lowest BCUT2D eigenvalue weighted by molar-refractivity contribution is -0.143. The predicted octanol–water partition coefficient (Wildman–Crippen LogP) is 5.34. The molecular weight excluding hydrogens is 308 g/mol. The van der Waals surface area contributed by atoms with Gasteiger partial charge < -0.3 is 5.32 Å². The minimum absolute atomic E-state index is 0.105. The Bertz CT molecular complexity index is 598. The summed E-state index contributed by atoms with van der Waals surface area (Å²) in [6, 6.07) is 10.1. The standard InChI is InChI=1S/C15H11F6N/c16-14(17,18)11-6-12(15(19,20)21)8-13(7-11)22-9-10-4-2-1-3-5-10/h1-8,22H,9H2. The van der Waals surface area contributed by atoms with Gasteiger partial charge in [-0.15, -0.1) is 0 Å². The molecule has 0 fully saturated rings. The maximum absolute atomic E-state index is 12.7. The molecule has 2 aromatic rings. The summed E-state index contributed by atoms with van der Waals surface area (Å²) in [5.41, 5.74) is -2.16. The van der Waals surface area contributed by atoms with E-state index in [0.29, 0.717) is 12.1 Å². The van der Waals surface area contributed by atoms with E-state index in [4.69, 9.17) is 0 Å². The SMILES string of the molecule is FC(F)(F)c1cc(NCc2ccccc2)cc(C(F)(F)F)c1. The van der Waals surface area contributed by atoms with Gasteiger partial charge in [0.25, 0.3) is 0 Å². The number of alkyl halides is 6. The Labute approximate surface area is 122 Å². The third-order valence-electron chi connectivity index (χ3n) is 2.93. The Kier molecular flexibility index (Phi) is 4.35. The van der Waals surface area contributed by atoms with Gasteiger partial charge in [-0.1, -0.05) is 30.3 Å². The van der Waals surface area contributed by atoms with Crippen molar-refractivity contribution in [2.75, 3.05) is 5.32 Å². The molecule has 1 N–H and O–H groups in total. The molecule has 0 aliphatic heterocycles. The van der Waals surface area contributed by atoms with Crippen LogP contribution in [0.15, 0.2) is 48.5 Å². The molecule has 0 aliphatic rings. The molecule has 0 saturated heterocycles. The van der Waals surface area contributed by atoms with Crippen LogP contribution in [0.1, 0.15) is 16.7 Å². The first-order chi connectivity index (χ1) is 10.2. The molecule has 2 aromatic carbocycles. The minimum atomic E-state index is -4.84. The van der Waals surface area contributed by atoms with Gasteiger partial charge in [-0.3, -0.25) is 0 Å². The first-order valence-electron chi connectivity index (χ1n) is 6.23. The van der Waals surface area contributed by atoms with E-state index in [1.54, 1.807) is 30.3 Å². The van der Waals surface area contributed by atoms with Crippen LogP contribution in [0, 0.1) is 0 Å². The highest BCUT2D eigenvalue weighted by Crippen LogP contribution is 2.37. The smallest absolute Gasteiger partial charge is 0.381 e. The van der Waals surface area contributed by atoms with E-state index < -0.39 is 23.5 Å². The topological polar surface area (TPSA) is 12.0 Å². The maximum atomic E-state index is 12.7. The third-order valence-corrected chi connectivity index (χ3v) is 2.93. The Morgan fingerprint density at radius 2 is 1.23 bits per heavy atom. The zero-order valence-corrected chi connectivity index (χ0v) is 11.1. The van der Waals surface area contributed by atoms with Crippen LogP contribution in [0.5, 0.6) is 0 Å². The van der Waals surface area contributed by atoms with Crippen LogP contribution in [0.2, 0.25) is 0 Å². The monoisotopic (exact) mass is 319 g/mol. The predicted molar refractivity (Wildman–Crippen MR) is 70.2 cm³/mol. The van der Waals surface area contributed by atoms with Gasteiger partial charge in [-0.25, -0.2) is 0 Å². The lowest BCUT2D eigenvalue weighted by Gasteiger charge is -2.15. The summed E-state index contributed by atoms with van der Waals surface area (Å²) < 4.78 is 76.2. The number of halogens is 6. The minimum Gasteiger partial charge on any atom is -0.381 e. The number of benzene rings is 2. The summed E-state index contributed by atoms with van der Waals surface area (Å²) in [6.07, 6.45) is -9.69. The molecule has 0 radical (unpaired) electrons. The average Bonchev–Trinajstić information content (AvgIpc) is 2.44. The highest BCUT2D eigenvalue weighted by molar-refractivity contribution is 5.50. The van der Waals surface area contributed by atoms with Crippen LogP contribution in [0.25, 0.3) is 0 Å². The molecule has 0 bridgehead atoms. The molecule has 0 unspecified atom stereocenters. The van der Waals surface area contributed by atoms with Crippen LogP contribution in [0.4, 0.5) is 32.0 Å². The van der Waals surface area contributed by atoms with Crippen molar-refractivity contribution in [1.82, 2.24) is 0 Å². The van der Waals surface area contributed by atoms with Crippen molar-refractivity contribution in [3.8, 4) is 0 Å². The Hall–Kier alpha value is -2.18. The van der Waals surface area contributed by atoms with Crippen LogP contribution in [0.3, 0.4) is 0 Å². The Balaban J connectivity index is 2.30. The fourth-order valence-electron chi connectivity index (χ4n) is 1.86. The van der Waals surface area contributed by atoms with Gasteiger partial charge in [0.1, 0.15) is 0 Å². The fourth-order valence-corrected chi connectivity index (χ4v) is 1.86. The highest BCUT2D eigenvalue weighted by Gasteiger charge is 2.36. The number of nitrogens with one attached hydrogen (secondary N) is 1. The normalized spacial score (nSPS) is 12.3. The number of hydrogen-bond acceptors (Lipinski definition) is 1. The molecule has 118 valence electrons. The third kappa shape index (κ3) is 4.16. The molecule has 0 heterocycles.